The Balaban J connectivity index is 1.47. The number of likely N-dealkylation sites (tertiary alicyclic amines) is 1. The molecule has 4 fully saturated rings. The van der Waals surface area contributed by atoms with E-state index in [0.29, 0.717) is 18.7 Å². The van der Waals surface area contributed by atoms with Crippen LogP contribution in [0.25, 0.3) is 0 Å². The van der Waals surface area contributed by atoms with Crippen molar-refractivity contribution >= 4 is 35.2 Å². The minimum atomic E-state index is -0.698. The average molecular weight is 572 g/mol. The molecule has 3 unspecified atom stereocenters. The van der Waals surface area contributed by atoms with Gasteiger partial charge in [-0.1, -0.05) is 40.0 Å². The monoisotopic (exact) mass is 571 g/mol. The largest absolute Gasteiger partial charge is 0.494 e. The highest BCUT2D eigenvalue weighted by Crippen LogP contribution is 2.69. The smallest absolute Gasteiger partial charge is 0.244 e. The number of anilines is 1. The molecule has 1 aromatic carbocycles. The molecule has 2 bridgehead atoms. The average Bonchev–Trinajstić information content (AvgIpc) is 3.52. The first-order chi connectivity index (χ1) is 19.2. The van der Waals surface area contributed by atoms with Crippen molar-refractivity contribution < 1.29 is 24.2 Å². The number of fused-ring (bicyclic) bond motifs is 1. The SMILES string of the molecule is CCOc1ccc(NC(=O)[C@@H]2[C@H]3C(=O)N([C@@H](CO)CC(C)C)C(C(=O)NC4CCCCC4)C34S[C@@H]2CC4C)cc1. The minimum absolute atomic E-state index is 0.0311. The molecule has 1 aliphatic carbocycles. The first-order valence-electron chi connectivity index (χ1n) is 15.2. The molecule has 40 heavy (non-hydrogen) atoms. The van der Waals surface area contributed by atoms with Gasteiger partial charge in [0.2, 0.25) is 17.7 Å². The van der Waals surface area contributed by atoms with E-state index in [1.807, 2.05) is 31.2 Å². The van der Waals surface area contributed by atoms with E-state index in [4.69, 9.17) is 4.74 Å². The summed E-state index contributed by atoms with van der Waals surface area (Å²) in [4.78, 5) is 44.1. The number of hydrogen-bond acceptors (Lipinski definition) is 6. The van der Waals surface area contributed by atoms with E-state index in [0.717, 1.165) is 37.9 Å². The maximum atomic E-state index is 14.4. The van der Waals surface area contributed by atoms with Crippen LogP contribution < -0.4 is 15.4 Å². The number of aliphatic hydroxyl groups is 1. The van der Waals surface area contributed by atoms with Gasteiger partial charge in [-0.25, -0.2) is 0 Å². The van der Waals surface area contributed by atoms with Gasteiger partial charge in [-0.2, -0.15) is 0 Å². The number of thioether (sulfide) groups is 1. The Morgan fingerprint density at radius 1 is 1.15 bits per heavy atom. The second-order valence-electron chi connectivity index (χ2n) is 12.6. The summed E-state index contributed by atoms with van der Waals surface area (Å²) in [5, 5.41) is 16.8. The summed E-state index contributed by atoms with van der Waals surface area (Å²) in [6.45, 7) is 8.55. The Kier molecular flexibility index (Phi) is 8.72. The molecule has 7 atom stereocenters. The number of carbonyl (C=O) groups is 3. The fraction of sp³-hybridized carbons (Fsp3) is 0.710. The second kappa shape index (κ2) is 11.9. The Bertz CT molecular complexity index is 1090. The summed E-state index contributed by atoms with van der Waals surface area (Å²) in [5.41, 5.74) is 0.658. The van der Waals surface area contributed by atoms with Gasteiger partial charge in [0.15, 0.2) is 0 Å². The summed E-state index contributed by atoms with van der Waals surface area (Å²) in [7, 11) is 0. The molecule has 4 aliphatic rings. The van der Waals surface area contributed by atoms with Gasteiger partial charge in [0.25, 0.3) is 0 Å². The number of benzene rings is 1. The molecule has 5 rings (SSSR count). The van der Waals surface area contributed by atoms with E-state index in [9.17, 15) is 19.5 Å². The molecule has 1 spiro atoms. The van der Waals surface area contributed by atoms with E-state index < -0.39 is 28.7 Å². The Morgan fingerprint density at radius 2 is 1.85 bits per heavy atom. The van der Waals surface area contributed by atoms with Gasteiger partial charge in [-0.3, -0.25) is 14.4 Å². The lowest BCUT2D eigenvalue weighted by Crippen LogP contribution is -2.59. The summed E-state index contributed by atoms with van der Waals surface area (Å²) in [6.07, 6.45) is 6.68. The number of ether oxygens (including phenoxy) is 1. The van der Waals surface area contributed by atoms with Crippen LogP contribution in [0.5, 0.6) is 5.75 Å². The van der Waals surface area contributed by atoms with Crippen LogP contribution in [-0.2, 0) is 14.4 Å². The molecule has 1 aromatic rings. The number of hydrogen-bond donors (Lipinski definition) is 3. The number of nitrogens with one attached hydrogen (secondary N) is 2. The van der Waals surface area contributed by atoms with Gasteiger partial charge in [0.1, 0.15) is 11.8 Å². The van der Waals surface area contributed by atoms with Crippen molar-refractivity contribution in [2.75, 3.05) is 18.5 Å². The normalized spacial score (nSPS) is 32.3. The van der Waals surface area contributed by atoms with Crippen molar-refractivity contribution in [2.45, 2.75) is 101 Å². The predicted molar refractivity (Wildman–Crippen MR) is 157 cm³/mol. The first kappa shape index (κ1) is 29.2. The van der Waals surface area contributed by atoms with Crippen molar-refractivity contribution in [1.29, 1.82) is 0 Å². The van der Waals surface area contributed by atoms with Crippen LogP contribution in [-0.4, -0.2) is 69.1 Å². The maximum absolute atomic E-state index is 14.4. The van der Waals surface area contributed by atoms with E-state index in [1.54, 1.807) is 16.7 Å². The quantitative estimate of drug-likeness (QED) is 0.388. The number of nitrogens with zero attached hydrogens (tertiary/aromatic N) is 1. The lowest BCUT2D eigenvalue weighted by atomic mass is 9.65. The Morgan fingerprint density at radius 3 is 2.48 bits per heavy atom. The van der Waals surface area contributed by atoms with Crippen LogP contribution in [0.4, 0.5) is 5.69 Å². The highest BCUT2D eigenvalue weighted by atomic mass is 32.2. The van der Waals surface area contributed by atoms with Crippen LogP contribution in [0.1, 0.15) is 72.6 Å². The van der Waals surface area contributed by atoms with Crippen LogP contribution in [0, 0.1) is 23.7 Å². The molecule has 3 N–H and O–H groups in total. The van der Waals surface area contributed by atoms with Gasteiger partial charge in [0.05, 0.1) is 35.8 Å². The van der Waals surface area contributed by atoms with Crippen molar-refractivity contribution in [1.82, 2.24) is 10.2 Å². The van der Waals surface area contributed by atoms with Crippen molar-refractivity contribution in [2.24, 2.45) is 23.7 Å². The van der Waals surface area contributed by atoms with Gasteiger partial charge in [-0.15, -0.1) is 11.8 Å². The van der Waals surface area contributed by atoms with Gasteiger partial charge in [0, 0.05) is 17.0 Å². The van der Waals surface area contributed by atoms with Crippen molar-refractivity contribution in [3.05, 3.63) is 24.3 Å². The summed E-state index contributed by atoms with van der Waals surface area (Å²) >= 11 is 1.68. The maximum Gasteiger partial charge on any atom is 0.244 e. The van der Waals surface area contributed by atoms with E-state index in [1.165, 1.54) is 6.42 Å². The molecule has 220 valence electrons. The molecule has 3 amide bonds. The highest BCUT2D eigenvalue weighted by molar-refractivity contribution is 8.02. The fourth-order valence-corrected chi connectivity index (χ4v) is 10.2. The molecule has 3 saturated heterocycles. The zero-order chi connectivity index (χ0) is 28.6. The number of aliphatic hydroxyl groups excluding tert-OH is 1. The first-order valence-corrected chi connectivity index (χ1v) is 16.0. The summed E-state index contributed by atoms with van der Waals surface area (Å²) < 4.78 is 4.84. The van der Waals surface area contributed by atoms with Gasteiger partial charge in [-0.05, 0) is 68.7 Å². The molecule has 9 heteroatoms. The summed E-state index contributed by atoms with van der Waals surface area (Å²) in [5.74, 6) is -0.509. The highest BCUT2D eigenvalue weighted by Gasteiger charge is 2.76. The third kappa shape index (κ3) is 5.13. The standard InChI is InChI=1S/C31H45N3O5S/c1-5-39-23-13-11-21(12-14-23)32-28(36)25-24-16-19(4)31(40-24)26(25)30(38)34(22(17-35)15-18(2)3)27(31)29(37)33-20-9-7-6-8-10-20/h11-14,18-20,22,24-27,35H,5-10,15-17H2,1-4H3,(H,32,36)(H,33,37)/t19?,22-,24-,25+,26+,27?,31?/m1/s1. The molecule has 0 aromatic heterocycles. The Hall–Kier alpha value is -2.26. The predicted octanol–water partition coefficient (Wildman–Crippen LogP) is 4.22. The lowest BCUT2D eigenvalue weighted by molar-refractivity contribution is -0.142. The molecule has 0 radical (unpaired) electrons. The van der Waals surface area contributed by atoms with Crippen molar-refractivity contribution in [3.63, 3.8) is 0 Å². The Labute approximate surface area is 242 Å². The molecule has 1 saturated carbocycles. The van der Waals surface area contributed by atoms with E-state index >= 15 is 0 Å². The van der Waals surface area contributed by atoms with E-state index in [-0.39, 0.29) is 47.5 Å². The number of amides is 3. The van der Waals surface area contributed by atoms with Crippen LogP contribution >= 0.6 is 11.8 Å². The molecular formula is C31H45N3O5S. The van der Waals surface area contributed by atoms with E-state index in [2.05, 4.69) is 31.4 Å². The van der Waals surface area contributed by atoms with Crippen LogP contribution in [0.15, 0.2) is 24.3 Å². The topological polar surface area (TPSA) is 108 Å². The lowest BCUT2D eigenvalue weighted by Gasteiger charge is -2.41. The van der Waals surface area contributed by atoms with Gasteiger partial charge >= 0.3 is 0 Å². The van der Waals surface area contributed by atoms with Crippen molar-refractivity contribution in [3.8, 4) is 5.75 Å². The molecule has 3 aliphatic heterocycles. The second-order valence-corrected chi connectivity index (χ2v) is 14.1. The number of carbonyl (C=O) groups excluding carboxylic acids is 3. The number of rotatable bonds is 10. The molecule has 8 nitrogen and oxygen atoms in total. The third-order valence-electron chi connectivity index (χ3n) is 9.47. The zero-order valence-electron chi connectivity index (χ0n) is 24.2. The summed E-state index contributed by atoms with van der Waals surface area (Å²) in [6, 6.07) is 6.23. The zero-order valence-corrected chi connectivity index (χ0v) is 25.0. The molecular weight excluding hydrogens is 526 g/mol. The van der Waals surface area contributed by atoms with Crippen LogP contribution in [0.3, 0.4) is 0 Å². The molecule has 3 heterocycles. The minimum Gasteiger partial charge on any atom is -0.494 e. The van der Waals surface area contributed by atoms with Crippen LogP contribution in [0.2, 0.25) is 0 Å². The third-order valence-corrected chi connectivity index (χ3v) is 11.5. The van der Waals surface area contributed by atoms with Gasteiger partial charge < -0.3 is 25.4 Å². The fourth-order valence-electron chi connectivity index (χ4n) is 7.83.